The predicted molar refractivity (Wildman–Crippen MR) is 130 cm³/mol. The molecule has 0 aliphatic carbocycles. The number of carbonyl (C=O) groups is 2. The van der Waals surface area contributed by atoms with Gasteiger partial charge in [0.25, 0.3) is 11.5 Å². The molecule has 168 valence electrons. The average Bonchev–Trinajstić information content (AvgIpc) is 3.03. The van der Waals surface area contributed by atoms with E-state index in [1.807, 2.05) is 31.7 Å². The highest BCUT2D eigenvalue weighted by atomic mass is 32.2. The van der Waals surface area contributed by atoms with Crippen LogP contribution in [0, 0.1) is 12.8 Å². The van der Waals surface area contributed by atoms with E-state index in [4.69, 9.17) is 22.9 Å². The van der Waals surface area contributed by atoms with Crippen LogP contribution < -0.4 is 16.2 Å². The van der Waals surface area contributed by atoms with E-state index in [1.165, 1.54) is 16.2 Å². The summed E-state index contributed by atoms with van der Waals surface area (Å²) >= 11 is 6.58. The van der Waals surface area contributed by atoms with Gasteiger partial charge in [-0.25, -0.2) is 4.98 Å². The van der Waals surface area contributed by atoms with E-state index in [9.17, 15) is 14.4 Å². The monoisotopic (exact) mass is 471 g/mol. The number of anilines is 1. The Kier molecular flexibility index (Phi) is 6.09. The van der Waals surface area contributed by atoms with Crippen LogP contribution >= 0.6 is 24.0 Å². The molecule has 2 N–H and O–H groups in total. The molecular formula is C22H25N5O3S2. The second kappa shape index (κ2) is 8.67. The third-order valence-electron chi connectivity index (χ3n) is 5.88. The highest BCUT2D eigenvalue weighted by Gasteiger charge is 2.35. The summed E-state index contributed by atoms with van der Waals surface area (Å²) in [6.45, 7) is 6.80. The SMILES string of the molecule is Cc1cccn2c(=O)c(/C=C3/SC(=S)N(C(C)C)C3=O)c(N3CCC(C(N)=O)CC3)nc12. The molecule has 2 fully saturated rings. The van der Waals surface area contributed by atoms with Gasteiger partial charge in [0.15, 0.2) is 0 Å². The molecule has 0 aromatic carbocycles. The molecule has 2 amide bonds. The summed E-state index contributed by atoms with van der Waals surface area (Å²) in [6.07, 6.45) is 4.48. The zero-order chi connectivity index (χ0) is 23.2. The van der Waals surface area contributed by atoms with Crippen molar-refractivity contribution in [2.75, 3.05) is 18.0 Å². The largest absolute Gasteiger partial charge is 0.369 e. The lowest BCUT2D eigenvalue weighted by atomic mass is 9.96. The minimum Gasteiger partial charge on any atom is -0.369 e. The van der Waals surface area contributed by atoms with E-state index in [0.717, 1.165) is 5.56 Å². The van der Waals surface area contributed by atoms with E-state index < -0.39 is 0 Å². The van der Waals surface area contributed by atoms with Crippen LogP contribution in [0.5, 0.6) is 0 Å². The first-order valence-corrected chi connectivity index (χ1v) is 11.7. The average molecular weight is 472 g/mol. The first-order chi connectivity index (χ1) is 15.2. The normalized spacial score (nSPS) is 19.1. The Morgan fingerprint density at radius 2 is 2.00 bits per heavy atom. The third kappa shape index (κ3) is 3.93. The molecule has 2 aliphatic rings. The summed E-state index contributed by atoms with van der Waals surface area (Å²) < 4.78 is 1.98. The van der Waals surface area contributed by atoms with Gasteiger partial charge in [-0.3, -0.25) is 23.7 Å². The Hall–Kier alpha value is -2.72. The maximum Gasteiger partial charge on any atom is 0.267 e. The number of carbonyl (C=O) groups excluding carboxylic acids is 2. The number of hydrogen-bond donors (Lipinski definition) is 1. The van der Waals surface area contributed by atoms with E-state index >= 15 is 0 Å². The molecule has 4 heterocycles. The zero-order valence-electron chi connectivity index (χ0n) is 18.2. The second-order valence-corrected chi connectivity index (χ2v) is 10.0. The number of amides is 2. The maximum absolute atomic E-state index is 13.5. The number of primary amides is 1. The van der Waals surface area contributed by atoms with Gasteiger partial charge in [0.2, 0.25) is 5.91 Å². The van der Waals surface area contributed by atoms with E-state index in [1.54, 1.807) is 23.2 Å². The summed E-state index contributed by atoms with van der Waals surface area (Å²) in [5.74, 6) is -0.172. The fraction of sp³-hybridized carbons (Fsp3) is 0.409. The van der Waals surface area contributed by atoms with E-state index in [2.05, 4.69) is 0 Å². The van der Waals surface area contributed by atoms with Gasteiger partial charge in [-0.15, -0.1) is 0 Å². The van der Waals surface area contributed by atoms with Crippen LogP contribution in [-0.4, -0.2) is 49.6 Å². The Balaban J connectivity index is 1.84. The number of hydrogen-bond acceptors (Lipinski definition) is 7. The fourth-order valence-electron chi connectivity index (χ4n) is 4.10. The van der Waals surface area contributed by atoms with Crippen LogP contribution in [0.1, 0.15) is 37.8 Å². The first kappa shape index (κ1) is 22.5. The van der Waals surface area contributed by atoms with Gasteiger partial charge < -0.3 is 10.6 Å². The number of thioether (sulfide) groups is 1. The Morgan fingerprint density at radius 3 is 2.59 bits per heavy atom. The topological polar surface area (TPSA) is 101 Å². The molecule has 0 atom stereocenters. The van der Waals surface area contributed by atoms with Gasteiger partial charge >= 0.3 is 0 Å². The number of piperidine rings is 1. The molecule has 0 saturated carbocycles. The Morgan fingerprint density at radius 1 is 1.31 bits per heavy atom. The molecule has 0 radical (unpaired) electrons. The van der Waals surface area contributed by atoms with Crippen molar-refractivity contribution in [2.24, 2.45) is 11.7 Å². The van der Waals surface area contributed by atoms with Gasteiger partial charge in [0.05, 0.1) is 10.5 Å². The van der Waals surface area contributed by atoms with Crippen LogP contribution in [0.15, 0.2) is 28.0 Å². The highest BCUT2D eigenvalue weighted by Crippen LogP contribution is 2.35. The number of nitrogens with two attached hydrogens (primary N) is 1. The Bertz CT molecular complexity index is 1210. The summed E-state index contributed by atoms with van der Waals surface area (Å²) in [5.41, 5.74) is 7.01. The van der Waals surface area contributed by atoms with Crippen molar-refractivity contribution in [3.63, 3.8) is 0 Å². The van der Waals surface area contributed by atoms with Gasteiger partial charge in [0.1, 0.15) is 15.8 Å². The molecule has 32 heavy (non-hydrogen) atoms. The molecule has 0 spiro atoms. The van der Waals surface area contributed by atoms with Crippen LogP contribution in [0.25, 0.3) is 11.7 Å². The molecule has 2 aromatic heterocycles. The molecule has 10 heteroatoms. The lowest BCUT2D eigenvalue weighted by Crippen LogP contribution is -2.40. The number of nitrogens with zero attached hydrogens (tertiary/aromatic N) is 4. The summed E-state index contributed by atoms with van der Waals surface area (Å²) in [5, 5.41) is 0. The minimum atomic E-state index is -0.301. The van der Waals surface area contributed by atoms with Crippen molar-refractivity contribution in [3.8, 4) is 0 Å². The maximum atomic E-state index is 13.5. The quantitative estimate of drug-likeness (QED) is 0.539. The van der Waals surface area contributed by atoms with Crippen molar-refractivity contribution in [1.29, 1.82) is 0 Å². The molecule has 4 rings (SSSR count). The molecule has 0 unspecified atom stereocenters. The van der Waals surface area contributed by atoms with Crippen molar-refractivity contribution >= 4 is 57.7 Å². The molecule has 0 bridgehead atoms. The molecule has 2 saturated heterocycles. The van der Waals surface area contributed by atoms with Crippen molar-refractivity contribution in [3.05, 3.63) is 44.7 Å². The van der Waals surface area contributed by atoms with Crippen molar-refractivity contribution < 1.29 is 9.59 Å². The summed E-state index contributed by atoms with van der Waals surface area (Å²) in [4.78, 5) is 46.9. The van der Waals surface area contributed by atoms with Crippen LogP contribution in [0.2, 0.25) is 0 Å². The van der Waals surface area contributed by atoms with Gasteiger partial charge in [-0.1, -0.05) is 30.0 Å². The van der Waals surface area contributed by atoms with Crippen molar-refractivity contribution in [1.82, 2.24) is 14.3 Å². The zero-order valence-corrected chi connectivity index (χ0v) is 19.8. The number of aromatic nitrogens is 2. The van der Waals surface area contributed by atoms with E-state index in [0.29, 0.717) is 52.2 Å². The smallest absolute Gasteiger partial charge is 0.267 e. The molecular weight excluding hydrogens is 446 g/mol. The van der Waals surface area contributed by atoms with E-state index in [-0.39, 0.29) is 29.3 Å². The van der Waals surface area contributed by atoms with Crippen LogP contribution in [0.3, 0.4) is 0 Å². The van der Waals surface area contributed by atoms with Crippen molar-refractivity contribution in [2.45, 2.75) is 39.7 Å². The molecule has 8 nitrogen and oxygen atoms in total. The fourth-order valence-corrected chi connectivity index (χ4v) is 5.61. The van der Waals surface area contributed by atoms with Gasteiger partial charge in [-0.2, -0.15) is 0 Å². The van der Waals surface area contributed by atoms with Crippen LogP contribution in [0.4, 0.5) is 5.82 Å². The minimum absolute atomic E-state index is 0.0702. The van der Waals surface area contributed by atoms with Gasteiger partial charge in [0, 0.05) is 31.2 Å². The lowest BCUT2D eigenvalue weighted by Gasteiger charge is -2.32. The second-order valence-electron chi connectivity index (χ2n) is 8.35. The number of thiocarbonyl (C=S) groups is 1. The molecule has 2 aliphatic heterocycles. The molecule has 2 aromatic rings. The number of fused-ring (bicyclic) bond motifs is 1. The number of pyridine rings is 1. The third-order valence-corrected chi connectivity index (χ3v) is 7.21. The number of aryl methyl sites for hydroxylation is 1. The first-order valence-electron chi connectivity index (χ1n) is 10.5. The standard InChI is InChI=1S/C22H25N5O3S2/c1-12(2)27-21(30)16(32-22(27)31)11-15-19(25-9-6-14(7-10-25)17(23)28)24-18-13(3)5-4-8-26(18)20(15)29/h4-5,8,11-12,14H,6-7,9-10H2,1-3H3,(H2,23,28)/b16-11+. The predicted octanol–water partition coefficient (Wildman–Crippen LogP) is 2.31. The number of rotatable bonds is 4. The van der Waals surface area contributed by atoms with Gasteiger partial charge in [-0.05, 0) is 51.3 Å². The highest BCUT2D eigenvalue weighted by molar-refractivity contribution is 8.26. The Labute approximate surface area is 195 Å². The van der Waals surface area contributed by atoms with Crippen LogP contribution in [-0.2, 0) is 9.59 Å². The summed E-state index contributed by atoms with van der Waals surface area (Å²) in [6, 6.07) is 3.63. The lowest BCUT2D eigenvalue weighted by molar-refractivity contribution is -0.123. The summed E-state index contributed by atoms with van der Waals surface area (Å²) in [7, 11) is 0.